The average molecular weight is 317 g/mol. The summed E-state index contributed by atoms with van der Waals surface area (Å²) < 4.78 is 5.52. The zero-order valence-corrected chi connectivity index (χ0v) is 11.6. The van der Waals surface area contributed by atoms with Gasteiger partial charge in [-0.05, 0) is 12.1 Å². The van der Waals surface area contributed by atoms with Gasteiger partial charge in [0, 0.05) is 20.9 Å². The van der Waals surface area contributed by atoms with Crippen LogP contribution in [0, 0.1) is 10.1 Å². The Labute approximate surface area is 126 Å². The van der Waals surface area contributed by atoms with Crippen molar-refractivity contribution >= 4 is 43.4 Å². The van der Waals surface area contributed by atoms with Crippen LogP contribution in [0.3, 0.4) is 0 Å². The van der Waals surface area contributed by atoms with Gasteiger partial charge in [0.05, 0.1) is 16.4 Å². The molecule has 3 rings (SSSR count). The van der Waals surface area contributed by atoms with Crippen LogP contribution in [-0.2, 0) is 0 Å². The molecular formula is C14H7NO6S. The topological polar surface area (TPSA) is 107 Å². The standard InChI is InChI=1S/C14H7NO6S/c16-13-8-3-1-2-4-10(8)22-11-6-7(15(19)20)5-9(12(11)13)21-14(17)18/h1-6H,(H,17,18). The van der Waals surface area contributed by atoms with Gasteiger partial charge in [0.2, 0.25) is 0 Å². The van der Waals surface area contributed by atoms with E-state index in [1.54, 1.807) is 24.3 Å². The predicted octanol–water partition coefficient (Wildman–Crippen LogP) is 3.38. The highest BCUT2D eigenvalue weighted by Crippen LogP contribution is 2.34. The fraction of sp³-hybridized carbons (Fsp3) is 0. The van der Waals surface area contributed by atoms with Crippen LogP contribution in [0.1, 0.15) is 0 Å². The molecule has 0 aliphatic carbocycles. The van der Waals surface area contributed by atoms with Gasteiger partial charge in [-0.2, -0.15) is 0 Å². The van der Waals surface area contributed by atoms with Crippen LogP contribution in [0.2, 0.25) is 0 Å². The van der Waals surface area contributed by atoms with Crippen molar-refractivity contribution < 1.29 is 19.6 Å². The molecule has 0 saturated carbocycles. The Morgan fingerprint density at radius 3 is 2.64 bits per heavy atom. The lowest BCUT2D eigenvalue weighted by molar-refractivity contribution is -0.384. The fourth-order valence-corrected chi connectivity index (χ4v) is 3.29. The van der Waals surface area contributed by atoms with Gasteiger partial charge in [0.25, 0.3) is 5.69 Å². The maximum atomic E-state index is 12.5. The van der Waals surface area contributed by atoms with Crippen LogP contribution in [-0.4, -0.2) is 16.2 Å². The van der Waals surface area contributed by atoms with E-state index in [2.05, 4.69) is 4.74 Å². The van der Waals surface area contributed by atoms with E-state index in [1.807, 2.05) is 0 Å². The molecule has 22 heavy (non-hydrogen) atoms. The summed E-state index contributed by atoms with van der Waals surface area (Å²) in [5, 5.41) is 20.2. The molecule has 1 heterocycles. The van der Waals surface area contributed by atoms with Gasteiger partial charge < -0.3 is 9.84 Å². The number of nitro benzene ring substituents is 1. The zero-order valence-electron chi connectivity index (χ0n) is 10.8. The summed E-state index contributed by atoms with van der Waals surface area (Å²) in [4.78, 5) is 33.6. The largest absolute Gasteiger partial charge is 0.511 e. The Morgan fingerprint density at radius 2 is 1.95 bits per heavy atom. The Bertz CT molecular complexity index is 994. The second-order valence-corrected chi connectivity index (χ2v) is 5.45. The molecule has 1 N–H and O–H groups in total. The van der Waals surface area contributed by atoms with Crippen LogP contribution in [0.5, 0.6) is 5.75 Å². The molecule has 0 aliphatic heterocycles. The van der Waals surface area contributed by atoms with Crippen molar-refractivity contribution in [2.45, 2.75) is 0 Å². The molecule has 0 amide bonds. The molecule has 7 nitrogen and oxygen atoms in total. The first kappa shape index (κ1) is 14.0. The van der Waals surface area contributed by atoms with Gasteiger partial charge in [0.1, 0.15) is 0 Å². The highest BCUT2D eigenvalue weighted by atomic mass is 32.1. The first-order valence-electron chi connectivity index (χ1n) is 6.02. The third kappa shape index (κ3) is 2.25. The minimum atomic E-state index is -1.64. The molecule has 0 spiro atoms. The van der Waals surface area contributed by atoms with Gasteiger partial charge in [-0.3, -0.25) is 14.9 Å². The van der Waals surface area contributed by atoms with Crippen LogP contribution >= 0.6 is 11.3 Å². The van der Waals surface area contributed by atoms with Gasteiger partial charge in [-0.25, -0.2) is 4.79 Å². The van der Waals surface area contributed by atoms with Crippen LogP contribution in [0.15, 0.2) is 41.2 Å². The minimum Gasteiger partial charge on any atom is -0.449 e. The van der Waals surface area contributed by atoms with Crippen molar-refractivity contribution in [3.05, 3.63) is 56.7 Å². The average Bonchev–Trinajstić information content (AvgIpc) is 2.46. The molecular weight excluding hydrogens is 310 g/mol. The van der Waals surface area contributed by atoms with Crippen molar-refractivity contribution in [2.75, 3.05) is 0 Å². The monoisotopic (exact) mass is 317 g/mol. The maximum absolute atomic E-state index is 12.5. The SMILES string of the molecule is O=C(O)Oc1cc([N+](=O)[O-])cc2sc3ccccc3c(=O)c12. The molecule has 0 radical (unpaired) electrons. The number of ether oxygens (including phenoxy) is 1. The van der Waals surface area contributed by atoms with Crippen LogP contribution in [0.4, 0.5) is 10.5 Å². The van der Waals surface area contributed by atoms with E-state index in [9.17, 15) is 19.7 Å². The highest BCUT2D eigenvalue weighted by Gasteiger charge is 2.19. The van der Waals surface area contributed by atoms with Crippen LogP contribution < -0.4 is 10.2 Å². The van der Waals surface area contributed by atoms with E-state index in [0.717, 1.165) is 17.4 Å². The molecule has 2 aromatic carbocycles. The quantitative estimate of drug-likeness (QED) is 0.255. The van der Waals surface area contributed by atoms with Gasteiger partial charge >= 0.3 is 6.16 Å². The Kier molecular flexibility index (Phi) is 3.22. The number of non-ortho nitro benzene ring substituents is 1. The zero-order chi connectivity index (χ0) is 15.9. The number of benzene rings is 2. The van der Waals surface area contributed by atoms with E-state index >= 15 is 0 Å². The maximum Gasteiger partial charge on any atom is 0.511 e. The number of nitrogens with zero attached hydrogens (tertiary/aromatic N) is 1. The second kappa shape index (κ2) is 5.08. The van der Waals surface area contributed by atoms with Crippen molar-refractivity contribution in [1.82, 2.24) is 0 Å². The molecule has 1 aromatic heterocycles. The number of fused-ring (bicyclic) bond motifs is 2. The molecule has 0 aliphatic rings. The first-order chi connectivity index (χ1) is 10.5. The number of rotatable bonds is 2. The minimum absolute atomic E-state index is 0.0247. The lowest BCUT2D eigenvalue weighted by Crippen LogP contribution is -2.09. The number of nitro groups is 1. The molecule has 8 heteroatoms. The molecule has 3 aromatic rings. The van der Waals surface area contributed by atoms with E-state index in [-0.39, 0.29) is 16.8 Å². The molecule has 0 fully saturated rings. The van der Waals surface area contributed by atoms with Gasteiger partial charge in [0.15, 0.2) is 11.2 Å². The summed E-state index contributed by atoms with van der Waals surface area (Å²) in [6.45, 7) is 0. The third-order valence-electron chi connectivity index (χ3n) is 3.04. The summed E-state index contributed by atoms with van der Waals surface area (Å²) in [6, 6.07) is 8.94. The van der Waals surface area contributed by atoms with Gasteiger partial charge in [-0.15, -0.1) is 11.3 Å². The summed E-state index contributed by atoms with van der Waals surface area (Å²) in [6.07, 6.45) is -1.64. The number of carbonyl (C=O) groups is 1. The van der Waals surface area contributed by atoms with Crippen molar-refractivity contribution in [2.24, 2.45) is 0 Å². The normalized spacial score (nSPS) is 10.7. The summed E-state index contributed by atoms with van der Waals surface area (Å²) in [5.41, 5.74) is -0.759. The van der Waals surface area contributed by atoms with Crippen molar-refractivity contribution in [1.29, 1.82) is 0 Å². The Hall–Kier alpha value is -3.00. The number of hydrogen-bond donors (Lipinski definition) is 1. The highest BCUT2D eigenvalue weighted by molar-refractivity contribution is 7.24. The third-order valence-corrected chi connectivity index (χ3v) is 4.16. The summed E-state index contributed by atoms with van der Waals surface area (Å²) in [7, 11) is 0. The van der Waals surface area contributed by atoms with E-state index < -0.39 is 16.5 Å². The molecule has 0 bridgehead atoms. The molecule has 110 valence electrons. The van der Waals surface area contributed by atoms with E-state index in [0.29, 0.717) is 14.8 Å². The number of carboxylic acid groups (broad SMARTS) is 1. The predicted molar refractivity (Wildman–Crippen MR) is 80.9 cm³/mol. The van der Waals surface area contributed by atoms with Gasteiger partial charge in [-0.1, -0.05) is 12.1 Å². The van der Waals surface area contributed by atoms with E-state index in [1.165, 1.54) is 6.07 Å². The summed E-state index contributed by atoms with van der Waals surface area (Å²) >= 11 is 1.16. The lowest BCUT2D eigenvalue weighted by Gasteiger charge is -2.06. The summed E-state index contributed by atoms with van der Waals surface area (Å²) in [5.74, 6) is -0.330. The Balaban J connectivity index is 2.48. The number of hydrogen-bond acceptors (Lipinski definition) is 6. The molecule has 0 atom stereocenters. The fourth-order valence-electron chi connectivity index (χ4n) is 2.16. The van der Waals surface area contributed by atoms with Crippen molar-refractivity contribution in [3.63, 3.8) is 0 Å². The first-order valence-corrected chi connectivity index (χ1v) is 6.84. The Morgan fingerprint density at radius 1 is 1.23 bits per heavy atom. The van der Waals surface area contributed by atoms with Crippen LogP contribution in [0.25, 0.3) is 20.2 Å². The second-order valence-electron chi connectivity index (χ2n) is 4.37. The molecule has 0 saturated heterocycles. The molecule has 0 unspecified atom stereocenters. The van der Waals surface area contributed by atoms with Crippen molar-refractivity contribution in [3.8, 4) is 5.75 Å². The lowest BCUT2D eigenvalue weighted by atomic mass is 10.1. The smallest absolute Gasteiger partial charge is 0.449 e. The van der Waals surface area contributed by atoms with E-state index in [4.69, 9.17) is 5.11 Å².